The minimum absolute atomic E-state index is 0.443. The Balaban J connectivity index is 2.04. The van der Waals surface area contributed by atoms with Crippen LogP contribution < -0.4 is 4.90 Å². The van der Waals surface area contributed by atoms with Gasteiger partial charge >= 0.3 is 0 Å². The molecule has 0 radical (unpaired) electrons. The van der Waals surface area contributed by atoms with Crippen molar-refractivity contribution in [3.63, 3.8) is 0 Å². The third kappa shape index (κ3) is 2.27. The van der Waals surface area contributed by atoms with Gasteiger partial charge in [0.15, 0.2) is 0 Å². The smallest absolute Gasteiger partial charge is 0.0377 e. The van der Waals surface area contributed by atoms with Gasteiger partial charge in [-0.2, -0.15) is 0 Å². The van der Waals surface area contributed by atoms with Gasteiger partial charge in [-0.25, -0.2) is 0 Å². The SMILES string of the molecule is Cc1ccc(N2CC(C(C)(C)C)C2)cc1Br. The first-order valence-electron chi connectivity index (χ1n) is 5.89. The first-order chi connectivity index (χ1) is 7.38. The summed E-state index contributed by atoms with van der Waals surface area (Å²) in [6.45, 7) is 11.5. The van der Waals surface area contributed by atoms with Crippen LogP contribution in [0.25, 0.3) is 0 Å². The van der Waals surface area contributed by atoms with Crippen molar-refractivity contribution >= 4 is 21.6 Å². The van der Waals surface area contributed by atoms with Crippen molar-refractivity contribution in [1.29, 1.82) is 0 Å². The molecule has 0 N–H and O–H groups in total. The van der Waals surface area contributed by atoms with E-state index in [1.807, 2.05) is 0 Å². The Labute approximate surface area is 107 Å². The normalized spacial score (nSPS) is 17.4. The maximum Gasteiger partial charge on any atom is 0.0377 e. The van der Waals surface area contributed by atoms with E-state index < -0.39 is 0 Å². The lowest BCUT2D eigenvalue weighted by Gasteiger charge is -2.47. The van der Waals surface area contributed by atoms with Crippen LogP contribution in [0.4, 0.5) is 5.69 Å². The standard InChI is InChI=1S/C14H20BrN/c1-10-5-6-12(7-13(10)15)16-8-11(9-16)14(2,3)4/h5-7,11H,8-9H2,1-4H3. The number of hydrogen-bond donors (Lipinski definition) is 0. The number of aryl methyl sites for hydroxylation is 1. The van der Waals surface area contributed by atoms with Gasteiger partial charge in [-0.1, -0.05) is 42.8 Å². The number of rotatable bonds is 1. The average molecular weight is 282 g/mol. The van der Waals surface area contributed by atoms with Gasteiger partial charge in [0.25, 0.3) is 0 Å². The van der Waals surface area contributed by atoms with Crippen molar-refractivity contribution in [2.24, 2.45) is 11.3 Å². The number of nitrogens with zero attached hydrogens (tertiary/aromatic N) is 1. The molecular weight excluding hydrogens is 262 g/mol. The van der Waals surface area contributed by atoms with E-state index in [1.165, 1.54) is 28.8 Å². The Kier molecular flexibility index (Phi) is 3.04. The molecule has 1 aromatic rings. The maximum atomic E-state index is 3.60. The first-order valence-corrected chi connectivity index (χ1v) is 6.68. The van der Waals surface area contributed by atoms with Gasteiger partial charge < -0.3 is 4.90 Å². The molecule has 1 aromatic carbocycles. The molecule has 2 rings (SSSR count). The highest BCUT2D eigenvalue weighted by Gasteiger charge is 2.35. The van der Waals surface area contributed by atoms with Gasteiger partial charge in [0.05, 0.1) is 0 Å². The van der Waals surface area contributed by atoms with E-state index in [-0.39, 0.29) is 0 Å². The summed E-state index contributed by atoms with van der Waals surface area (Å²) >= 11 is 3.60. The van der Waals surface area contributed by atoms with E-state index >= 15 is 0 Å². The van der Waals surface area contributed by atoms with Gasteiger partial charge in [-0.05, 0) is 36.0 Å². The van der Waals surface area contributed by atoms with Gasteiger partial charge in [0.2, 0.25) is 0 Å². The summed E-state index contributed by atoms with van der Waals surface area (Å²) in [5.41, 5.74) is 3.09. The molecule has 0 amide bonds. The van der Waals surface area contributed by atoms with E-state index in [4.69, 9.17) is 0 Å². The molecule has 0 saturated carbocycles. The van der Waals surface area contributed by atoms with E-state index in [1.54, 1.807) is 0 Å². The number of hydrogen-bond acceptors (Lipinski definition) is 1. The van der Waals surface area contributed by atoms with Crippen LogP contribution in [0.1, 0.15) is 26.3 Å². The highest BCUT2D eigenvalue weighted by molar-refractivity contribution is 9.10. The number of benzene rings is 1. The largest absolute Gasteiger partial charge is 0.371 e. The predicted octanol–water partition coefficient (Wildman–Crippen LogP) is 4.24. The second kappa shape index (κ2) is 4.06. The predicted molar refractivity (Wildman–Crippen MR) is 74.0 cm³/mol. The van der Waals surface area contributed by atoms with Crippen molar-refractivity contribution in [2.75, 3.05) is 18.0 Å². The van der Waals surface area contributed by atoms with Crippen LogP contribution in [0.2, 0.25) is 0 Å². The minimum Gasteiger partial charge on any atom is -0.371 e. The van der Waals surface area contributed by atoms with E-state index in [0.29, 0.717) is 5.41 Å². The van der Waals surface area contributed by atoms with Crippen LogP contribution in [-0.4, -0.2) is 13.1 Å². The zero-order valence-corrected chi connectivity index (χ0v) is 12.1. The molecule has 0 aromatic heterocycles. The van der Waals surface area contributed by atoms with E-state index in [9.17, 15) is 0 Å². The monoisotopic (exact) mass is 281 g/mol. The van der Waals surface area contributed by atoms with Crippen molar-refractivity contribution in [2.45, 2.75) is 27.7 Å². The lowest BCUT2D eigenvalue weighted by molar-refractivity contribution is 0.195. The summed E-state index contributed by atoms with van der Waals surface area (Å²) in [4.78, 5) is 2.46. The Hall–Kier alpha value is -0.500. The van der Waals surface area contributed by atoms with Crippen molar-refractivity contribution in [1.82, 2.24) is 0 Å². The van der Waals surface area contributed by atoms with Crippen molar-refractivity contribution in [3.05, 3.63) is 28.2 Å². The van der Waals surface area contributed by atoms with Crippen LogP contribution in [0, 0.1) is 18.3 Å². The molecule has 1 aliphatic heterocycles. The van der Waals surface area contributed by atoms with Gasteiger partial charge in [0.1, 0.15) is 0 Å². The van der Waals surface area contributed by atoms with Crippen molar-refractivity contribution in [3.8, 4) is 0 Å². The van der Waals surface area contributed by atoms with E-state index in [2.05, 4.69) is 66.7 Å². The molecule has 0 unspecified atom stereocenters. The zero-order valence-electron chi connectivity index (χ0n) is 10.5. The van der Waals surface area contributed by atoms with Gasteiger partial charge in [-0.15, -0.1) is 0 Å². The summed E-state index contributed by atoms with van der Waals surface area (Å²) in [7, 11) is 0. The number of halogens is 1. The Bertz CT molecular complexity index is 386. The molecule has 1 saturated heterocycles. The fourth-order valence-corrected chi connectivity index (χ4v) is 2.38. The summed E-state index contributed by atoms with van der Waals surface area (Å²) < 4.78 is 1.21. The topological polar surface area (TPSA) is 3.24 Å². The lowest BCUT2D eigenvalue weighted by Crippen LogP contribution is -2.52. The van der Waals surface area contributed by atoms with Gasteiger partial charge in [0, 0.05) is 23.2 Å². The molecule has 1 heterocycles. The third-order valence-corrected chi connectivity index (χ3v) is 4.48. The highest BCUT2D eigenvalue weighted by atomic mass is 79.9. The Morgan fingerprint density at radius 2 is 1.88 bits per heavy atom. The molecular formula is C14H20BrN. The molecule has 0 spiro atoms. The summed E-state index contributed by atoms with van der Waals surface area (Å²) in [6, 6.07) is 6.64. The summed E-state index contributed by atoms with van der Waals surface area (Å²) in [5, 5.41) is 0. The third-order valence-electron chi connectivity index (χ3n) is 3.63. The molecule has 16 heavy (non-hydrogen) atoms. The molecule has 0 atom stereocenters. The van der Waals surface area contributed by atoms with Crippen LogP contribution in [0.5, 0.6) is 0 Å². The second-order valence-electron chi connectivity index (χ2n) is 5.90. The zero-order chi connectivity index (χ0) is 11.9. The molecule has 0 aliphatic carbocycles. The van der Waals surface area contributed by atoms with Crippen LogP contribution in [-0.2, 0) is 0 Å². The number of anilines is 1. The van der Waals surface area contributed by atoms with Crippen LogP contribution in [0.3, 0.4) is 0 Å². The molecule has 1 nitrogen and oxygen atoms in total. The quantitative estimate of drug-likeness (QED) is 0.744. The van der Waals surface area contributed by atoms with Crippen LogP contribution in [0.15, 0.2) is 22.7 Å². The minimum atomic E-state index is 0.443. The molecule has 88 valence electrons. The maximum absolute atomic E-state index is 3.60. The van der Waals surface area contributed by atoms with Gasteiger partial charge in [-0.3, -0.25) is 0 Å². The molecule has 1 aliphatic rings. The van der Waals surface area contributed by atoms with Crippen molar-refractivity contribution < 1.29 is 0 Å². The lowest BCUT2D eigenvalue weighted by atomic mass is 9.76. The molecule has 1 fully saturated rings. The fraction of sp³-hybridized carbons (Fsp3) is 0.571. The van der Waals surface area contributed by atoms with Crippen LogP contribution >= 0.6 is 15.9 Å². The summed E-state index contributed by atoms with van der Waals surface area (Å²) in [6.07, 6.45) is 0. The highest BCUT2D eigenvalue weighted by Crippen LogP contribution is 2.37. The molecule has 2 heteroatoms. The average Bonchev–Trinajstić information content (AvgIpc) is 2.06. The van der Waals surface area contributed by atoms with E-state index in [0.717, 1.165) is 5.92 Å². The first kappa shape index (κ1) is 12.0. The fourth-order valence-electron chi connectivity index (χ4n) is 2.02. The second-order valence-corrected chi connectivity index (χ2v) is 6.76. The Morgan fingerprint density at radius 1 is 1.25 bits per heavy atom. The summed E-state index contributed by atoms with van der Waals surface area (Å²) in [5.74, 6) is 0.826. The Morgan fingerprint density at radius 3 is 2.38 bits per heavy atom. The molecule has 0 bridgehead atoms.